The lowest BCUT2D eigenvalue weighted by molar-refractivity contribution is 0.502. The van der Waals surface area contributed by atoms with Crippen LogP contribution >= 0.6 is 23.1 Å². The molecule has 3 aromatic rings. The number of hydrogen-bond donors (Lipinski definition) is 1. The first kappa shape index (κ1) is 13.3. The molecule has 0 aliphatic carbocycles. The zero-order valence-corrected chi connectivity index (χ0v) is 11.9. The second kappa shape index (κ2) is 5.38. The molecule has 0 fully saturated rings. The molecule has 2 aromatic carbocycles. The molecular formula is C14H10F2N2S2. The molecule has 102 valence electrons. The molecule has 0 unspecified atom stereocenters. The fourth-order valence-corrected chi connectivity index (χ4v) is 3.87. The van der Waals surface area contributed by atoms with E-state index in [1.54, 1.807) is 12.1 Å². The molecule has 0 atom stereocenters. The molecule has 0 saturated heterocycles. The van der Waals surface area contributed by atoms with Crippen molar-refractivity contribution in [3.8, 4) is 0 Å². The van der Waals surface area contributed by atoms with Crippen molar-refractivity contribution in [1.29, 1.82) is 0 Å². The van der Waals surface area contributed by atoms with E-state index in [2.05, 4.69) is 4.98 Å². The molecule has 0 saturated carbocycles. The van der Waals surface area contributed by atoms with E-state index in [9.17, 15) is 8.78 Å². The number of benzene rings is 2. The van der Waals surface area contributed by atoms with Gasteiger partial charge in [-0.25, -0.2) is 13.8 Å². The molecule has 0 bridgehead atoms. The SMILES string of the molecule is Nc1ccc2nc(SCc3cccc(F)c3F)sc2c1. The monoisotopic (exact) mass is 308 g/mol. The molecule has 2 N–H and O–H groups in total. The van der Waals surface area contributed by atoms with E-state index < -0.39 is 11.6 Å². The normalized spacial score (nSPS) is 11.1. The predicted octanol–water partition coefficient (Wildman–Crippen LogP) is 4.45. The van der Waals surface area contributed by atoms with Gasteiger partial charge in [0.25, 0.3) is 0 Å². The van der Waals surface area contributed by atoms with Crippen molar-refractivity contribution in [1.82, 2.24) is 4.98 Å². The topological polar surface area (TPSA) is 38.9 Å². The number of fused-ring (bicyclic) bond motifs is 1. The summed E-state index contributed by atoms with van der Waals surface area (Å²) in [5.74, 6) is -1.26. The average molecular weight is 308 g/mol. The minimum atomic E-state index is -0.819. The van der Waals surface area contributed by atoms with Gasteiger partial charge in [-0.2, -0.15) is 0 Å². The molecular weight excluding hydrogens is 298 g/mol. The Morgan fingerprint density at radius 2 is 2.05 bits per heavy atom. The Bertz CT molecular complexity index is 771. The van der Waals surface area contributed by atoms with Crippen molar-refractivity contribution in [2.45, 2.75) is 10.1 Å². The maximum atomic E-state index is 13.5. The minimum absolute atomic E-state index is 0.341. The van der Waals surface area contributed by atoms with Gasteiger partial charge in [0, 0.05) is 17.0 Å². The fraction of sp³-hybridized carbons (Fsp3) is 0.0714. The molecule has 0 amide bonds. The number of halogens is 2. The van der Waals surface area contributed by atoms with Gasteiger partial charge in [0.15, 0.2) is 16.0 Å². The van der Waals surface area contributed by atoms with Crippen LogP contribution in [0.25, 0.3) is 10.2 Å². The Morgan fingerprint density at radius 1 is 1.20 bits per heavy atom. The van der Waals surface area contributed by atoms with Gasteiger partial charge in [0.2, 0.25) is 0 Å². The number of nitrogens with two attached hydrogens (primary N) is 1. The predicted molar refractivity (Wildman–Crippen MR) is 80.0 cm³/mol. The van der Waals surface area contributed by atoms with Crippen LogP contribution in [0.15, 0.2) is 40.7 Å². The first-order valence-corrected chi connectivity index (χ1v) is 7.65. The Morgan fingerprint density at radius 3 is 2.90 bits per heavy atom. The summed E-state index contributed by atoms with van der Waals surface area (Å²) in [5.41, 5.74) is 7.61. The van der Waals surface area contributed by atoms with Gasteiger partial charge in [-0.05, 0) is 24.3 Å². The van der Waals surface area contributed by atoms with Crippen LogP contribution in [0, 0.1) is 11.6 Å². The summed E-state index contributed by atoms with van der Waals surface area (Å²) in [4.78, 5) is 4.43. The molecule has 0 aliphatic rings. The van der Waals surface area contributed by atoms with Crippen LogP contribution in [0.4, 0.5) is 14.5 Å². The first-order valence-electron chi connectivity index (χ1n) is 5.85. The molecule has 0 spiro atoms. The van der Waals surface area contributed by atoms with Gasteiger partial charge in [-0.15, -0.1) is 11.3 Å². The number of nitrogen functional groups attached to an aromatic ring is 1. The van der Waals surface area contributed by atoms with Crippen LogP contribution in [0.3, 0.4) is 0 Å². The molecule has 6 heteroatoms. The van der Waals surface area contributed by atoms with Crippen molar-refractivity contribution in [3.63, 3.8) is 0 Å². The molecule has 20 heavy (non-hydrogen) atoms. The van der Waals surface area contributed by atoms with E-state index in [-0.39, 0.29) is 0 Å². The smallest absolute Gasteiger partial charge is 0.162 e. The summed E-state index contributed by atoms with van der Waals surface area (Å²) in [6.07, 6.45) is 0. The zero-order chi connectivity index (χ0) is 14.1. The van der Waals surface area contributed by atoms with Crippen LogP contribution in [-0.4, -0.2) is 4.98 Å². The second-order valence-corrected chi connectivity index (χ2v) is 6.46. The van der Waals surface area contributed by atoms with E-state index in [0.29, 0.717) is 17.0 Å². The van der Waals surface area contributed by atoms with Crippen molar-refractivity contribution < 1.29 is 8.78 Å². The van der Waals surface area contributed by atoms with Gasteiger partial charge >= 0.3 is 0 Å². The second-order valence-electron chi connectivity index (χ2n) is 4.21. The van der Waals surface area contributed by atoms with Gasteiger partial charge in [-0.3, -0.25) is 0 Å². The van der Waals surface area contributed by atoms with Crippen LogP contribution in [0.1, 0.15) is 5.56 Å². The maximum Gasteiger partial charge on any atom is 0.162 e. The average Bonchev–Trinajstić information content (AvgIpc) is 2.82. The molecule has 0 aliphatic heterocycles. The van der Waals surface area contributed by atoms with Crippen LogP contribution < -0.4 is 5.73 Å². The number of nitrogens with zero attached hydrogens (tertiary/aromatic N) is 1. The number of hydrogen-bond acceptors (Lipinski definition) is 4. The van der Waals surface area contributed by atoms with Crippen molar-refractivity contribution in [3.05, 3.63) is 53.6 Å². The minimum Gasteiger partial charge on any atom is -0.399 e. The van der Waals surface area contributed by atoms with Gasteiger partial charge in [0.1, 0.15) is 0 Å². The highest BCUT2D eigenvalue weighted by molar-refractivity contribution is 8.00. The largest absolute Gasteiger partial charge is 0.399 e. The third kappa shape index (κ3) is 2.62. The summed E-state index contributed by atoms with van der Waals surface area (Å²) in [5, 5.41) is 0. The zero-order valence-electron chi connectivity index (χ0n) is 10.3. The number of rotatable bonds is 3. The van der Waals surface area contributed by atoms with Crippen molar-refractivity contribution in [2.24, 2.45) is 0 Å². The number of anilines is 1. The van der Waals surface area contributed by atoms with E-state index in [0.717, 1.165) is 20.6 Å². The molecule has 0 radical (unpaired) electrons. The number of thioether (sulfide) groups is 1. The molecule has 2 nitrogen and oxygen atoms in total. The Labute approximate surface area is 122 Å². The van der Waals surface area contributed by atoms with E-state index in [4.69, 9.17) is 5.73 Å². The van der Waals surface area contributed by atoms with E-state index in [1.165, 1.54) is 29.2 Å². The summed E-state index contributed by atoms with van der Waals surface area (Å²) in [6, 6.07) is 9.71. The molecule has 1 aromatic heterocycles. The first-order chi connectivity index (χ1) is 9.63. The number of thiazole rings is 1. The molecule has 1 heterocycles. The quantitative estimate of drug-likeness (QED) is 0.574. The summed E-state index contributed by atoms with van der Waals surface area (Å²) in [6.45, 7) is 0. The third-order valence-electron chi connectivity index (χ3n) is 2.78. The van der Waals surface area contributed by atoms with Crippen LogP contribution in [0.2, 0.25) is 0 Å². The van der Waals surface area contributed by atoms with Crippen LogP contribution in [0.5, 0.6) is 0 Å². The van der Waals surface area contributed by atoms with E-state index in [1.807, 2.05) is 12.1 Å². The summed E-state index contributed by atoms with van der Waals surface area (Å²) in [7, 11) is 0. The van der Waals surface area contributed by atoms with Crippen molar-refractivity contribution in [2.75, 3.05) is 5.73 Å². The summed E-state index contributed by atoms with van der Waals surface area (Å²) >= 11 is 2.88. The van der Waals surface area contributed by atoms with Crippen LogP contribution in [-0.2, 0) is 5.75 Å². The van der Waals surface area contributed by atoms with Crippen molar-refractivity contribution >= 4 is 39.0 Å². The third-order valence-corrected chi connectivity index (χ3v) is 4.99. The standard InChI is InChI=1S/C14H10F2N2S2/c15-10-3-1-2-8(13(10)16)7-19-14-18-11-5-4-9(17)6-12(11)20-14/h1-6H,7,17H2. The lowest BCUT2D eigenvalue weighted by Gasteiger charge is -2.01. The lowest BCUT2D eigenvalue weighted by Crippen LogP contribution is -1.91. The fourth-order valence-electron chi connectivity index (χ4n) is 1.78. The maximum absolute atomic E-state index is 13.5. The van der Waals surface area contributed by atoms with E-state index >= 15 is 0 Å². The molecule has 3 rings (SSSR count). The Hall–Kier alpha value is -1.66. The highest BCUT2D eigenvalue weighted by atomic mass is 32.2. The summed E-state index contributed by atoms with van der Waals surface area (Å²) < 4.78 is 28.5. The van der Waals surface area contributed by atoms with Gasteiger partial charge < -0.3 is 5.73 Å². The lowest BCUT2D eigenvalue weighted by atomic mass is 10.2. The van der Waals surface area contributed by atoms with Gasteiger partial charge in [-0.1, -0.05) is 23.9 Å². The Balaban J connectivity index is 1.81. The Kier molecular flexibility index (Phi) is 3.58. The highest BCUT2D eigenvalue weighted by Crippen LogP contribution is 2.33. The van der Waals surface area contributed by atoms with Gasteiger partial charge in [0.05, 0.1) is 10.2 Å². The number of aromatic nitrogens is 1. The highest BCUT2D eigenvalue weighted by Gasteiger charge is 2.10.